The second-order valence-electron chi connectivity index (χ2n) is 4.34. The van der Waals surface area contributed by atoms with Crippen LogP contribution in [-0.2, 0) is 0 Å². The van der Waals surface area contributed by atoms with E-state index >= 15 is 0 Å². The molecule has 0 atom stereocenters. The lowest BCUT2D eigenvalue weighted by molar-refractivity contribution is 0.112. The molecule has 1 aliphatic carbocycles. The molecule has 1 saturated carbocycles. The standard InChI is InChI=1S/C13H16FNO/c1-2-15(8-10-3-4-10)13-6-11(9-16)5-12(14)7-13/h5-7,9-10H,2-4,8H2,1H3. The molecule has 0 saturated heterocycles. The molecule has 2 nitrogen and oxygen atoms in total. The highest BCUT2D eigenvalue weighted by Gasteiger charge is 2.24. The van der Waals surface area contributed by atoms with Gasteiger partial charge in [-0.3, -0.25) is 4.79 Å². The second kappa shape index (κ2) is 4.64. The molecule has 0 aromatic heterocycles. The smallest absolute Gasteiger partial charge is 0.150 e. The Balaban J connectivity index is 2.21. The van der Waals surface area contributed by atoms with Crippen molar-refractivity contribution in [1.82, 2.24) is 0 Å². The van der Waals surface area contributed by atoms with Crippen molar-refractivity contribution in [3.63, 3.8) is 0 Å². The Morgan fingerprint density at radius 3 is 2.75 bits per heavy atom. The van der Waals surface area contributed by atoms with E-state index in [1.165, 1.54) is 25.0 Å². The summed E-state index contributed by atoms with van der Waals surface area (Å²) < 4.78 is 13.3. The third kappa shape index (κ3) is 2.60. The minimum absolute atomic E-state index is 0.339. The number of carbonyl (C=O) groups is 1. The van der Waals surface area contributed by atoms with Crippen LogP contribution in [0.4, 0.5) is 10.1 Å². The molecule has 0 spiro atoms. The van der Waals surface area contributed by atoms with E-state index in [0.717, 1.165) is 24.7 Å². The van der Waals surface area contributed by atoms with Gasteiger partial charge >= 0.3 is 0 Å². The van der Waals surface area contributed by atoms with Gasteiger partial charge in [0.2, 0.25) is 0 Å². The monoisotopic (exact) mass is 221 g/mol. The minimum atomic E-state index is -0.339. The Morgan fingerprint density at radius 1 is 1.44 bits per heavy atom. The number of aldehydes is 1. The van der Waals surface area contributed by atoms with Crippen molar-refractivity contribution in [2.75, 3.05) is 18.0 Å². The molecule has 16 heavy (non-hydrogen) atoms. The Hall–Kier alpha value is -1.38. The van der Waals surface area contributed by atoms with Gasteiger partial charge in [-0.05, 0) is 43.9 Å². The van der Waals surface area contributed by atoms with Crippen molar-refractivity contribution < 1.29 is 9.18 Å². The number of nitrogens with zero attached hydrogens (tertiary/aromatic N) is 1. The van der Waals surface area contributed by atoms with Gasteiger partial charge < -0.3 is 4.90 Å². The van der Waals surface area contributed by atoms with Crippen LogP contribution in [0.3, 0.4) is 0 Å². The van der Waals surface area contributed by atoms with Crippen LogP contribution in [-0.4, -0.2) is 19.4 Å². The first-order valence-electron chi connectivity index (χ1n) is 5.73. The molecule has 0 N–H and O–H groups in total. The Morgan fingerprint density at radius 2 is 2.19 bits per heavy atom. The summed E-state index contributed by atoms with van der Waals surface area (Å²) in [5.41, 5.74) is 1.22. The molecule has 1 aromatic carbocycles. The van der Waals surface area contributed by atoms with Gasteiger partial charge in [0.05, 0.1) is 0 Å². The summed E-state index contributed by atoms with van der Waals surface area (Å²) in [6.45, 7) is 3.87. The molecular formula is C13H16FNO. The molecule has 0 radical (unpaired) electrons. The topological polar surface area (TPSA) is 20.3 Å². The van der Waals surface area contributed by atoms with Gasteiger partial charge in [-0.15, -0.1) is 0 Å². The molecule has 0 amide bonds. The van der Waals surface area contributed by atoms with E-state index in [1.54, 1.807) is 6.07 Å². The lowest BCUT2D eigenvalue weighted by Gasteiger charge is -2.23. The molecule has 0 bridgehead atoms. The number of anilines is 1. The van der Waals surface area contributed by atoms with Gasteiger partial charge in [-0.2, -0.15) is 0 Å². The average molecular weight is 221 g/mol. The lowest BCUT2D eigenvalue weighted by atomic mass is 10.2. The first-order chi connectivity index (χ1) is 7.72. The predicted molar refractivity (Wildman–Crippen MR) is 62.4 cm³/mol. The van der Waals surface area contributed by atoms with Crippen molar-refractivity contribution in [3.8, 4) is 0 Å². The van der Waals surface area contributed by atoms with Gasteiger partial charge in [0, 0.05) is 24.3 Å². The summed E-state index contributed by atoms with van der Waals surface area (Å²) >= 11 is 0. The highest BCUT2D eigenvalue weighted by atomic mass is 19.1. The normalized spacial score (nSPS) is 14.9. The Bertz CT molecular complexity index is 388. The van der Waals surface area contributed by atoms with E-state index in [1.807, 2.05) is 6.92 Å². The van der Waals surface area contributed by atoms with Gasteiger partial charge in [-0.1, -0.05) is 0 Å². The number of benzene rings is 1. The van der Waals surface area contributed by atoms with E-state index in [9.17, 15) is 9.18 Å². The van der Waals surface area contributed by atoms with Gasteiger partial charge in [0.25, 0.3) is 0 Å². The third-order valence-electron chi connectivity index (χ3n) is 2.96. The average Bonchev–Trinajstić information content (AvgIpc) is 3.08. The Kier molecular flexibility index (Phi) is 3.22. The fourth-order valence-electron chi connectivity index (χ4n) is 1.88. The number of rotatable bonds is 5. The highest BCUT2D eigenvalue weighted by Crippen LogP contribution is 2.31. The Labute approximate surface area is 95.1 Å². The molecular weight excluding hydrogens is 205 g/mol. The lowest BCUT2D eigenvalue weighted by Crippen LogP contribution is -2.25. The zero-order chi connectivity index (χ0) is 11.5. The van der Waals surface area contributed by atoms with Crippen LogP contribution < -0.4 is 4.90 Å². The minimum Gasteiger partial charge on any atom is -0.371 e. The van der Waals surface area contributed by atoms with Crippen LogP contribution in [0.1, 0.15) is 30.1 Å². The number of hydrogen-bond donors (Lipinski definition) is 0. The summed E-state index contributed by atoms with van der Waals surface area (Å²) in [5, 5.41) is 0. The molecule has 86 valence electrons. The zero-order valence-electron chi connectivity index (χ0n) is 9.45. The molecule has 1 aromatic rings. The van der Waals surface area contributed by atoms with Crippen LogP contribution in [0.2, 0.25) is 0 Å². The maximum absolute atomic E-state index is 13.3. The van der Waals surface area contributed by atoms with Crippen molar-refractivity contribution in [2.45, 2.75) is 19.8 Å². The van der Waals surface area contributed by atoms with Crippen molar-refractivity contribution in [2.24, 2.45) is 5.92 Å². The first-order valence-corrected chi connectivity index (χ1v) is 5.73. The first kappa shape index (κ1) is 11.1. The van der Waals surface area contributed by atoms with E-state index in [2.05, 4.69) is 4.90 Å². The van der Waals surface area contributed by atoms with Crippen molar-refractivity contribution >= 4 is 12.0 Å². The van der Waals surface area contributed by atoms with E-state index < -0.39 is 0 Å². The van der Waals surface area contributed by atoms with Crippen LogP contribution in [0, 0.1) is 11.7 Å². The van der Waals surface area contributed by atoms with Crippen LogP contribution in [0.15, 0.2) is 18.2 Å². The summed E-state index contributed by atoms with van der Waals surface area (Å²) in [6, 6.07) is 4.52. The van der Waals surface area contributed by atoms with E-state index in [0.29, 0.717) is 11.8 Å². The molecule has 0 aliphatic heterocycles. The number of carbonyl (C=O) groups excluding carboxylic acids is 1. The molecule has 3 heteroatoms. The summed E-state index contributed by atoms with van der Waals surface area (Å²) in [7, 11) is 0. The summed E-state index contributed by atoms with van der Waals surface area (Å²) in [5.74, 6) is 0.414. The maximum Gasteiger partial charge on any atom is 0.150 e. The maximum atomic E-state index is 13.3. The van der Waals surface area contributed by atoms with E-state index in [-0.39, 0.29) is 5.82 Å². The van der Waals surface area contributed by atoms with Crippen molar-refractivity contribution in [1.29, 1.82) is 0 Å². The zero-order valence-corrected chi connectivity index (χ0v) is 9.45. The molecule has 0 unspecified atom stereocenters. The summed E-state index contributed by atoms with van der Waals surface area (Å²) in [6.07, 6.45) is 3.23. The number of hydrogen-bond acceptors (Lipinski definition) is 2. The fraction of sp³-hybridized carbons (Fsp3) is 0.462. The van der Waals surface area contributed by atoms with Gasteiger partial charge in [0.15, 0.2) is 0 Å². The molecule has 1 aliphatic rings. The third-order valence-corrected chi connectivity index (χ3v) is 2.96. The highest BCUT2D eigenvalue weighted by molar-refractivity contribution is 5.77. The van der Waals surface area contributed by atoms with Crippen LogP contribution in [0.25, 0.3) is 0 Å². The van der Waals surface area contributed by atoms with Crippen LogP contribution >= 0.6 is 0 Å². The van der Waals surface area contributed by atoms with E-state index in [4.69, 9.17) is 0 Å². The quantitative estimate of drug-likeness (QED) is 0.712. The molecule has 0 heterocycles. The fourth-order valence-corrected chi connectivity index (χ4v) is 1.88. The second-order valence-corrected chi connectivity index (χ2v) is 4.34. The van der Waals surface area contributed by atoms with Crippen molar-refractivity contribution in [3.05, 3.63) is 29.6 Å². The summed E-state index contributed by atoms with van der Waals surface area (Å²) in [4.78, 5) is 12.8. The van der Waals surface area contributed by atoms with Gasteiger partial charge in [-0.25, -0.2) is 4.39 Å². The van der Waals surface area contributed by atoms with Crippen LogP contribution in [0.5, 0.6) is 0 Å². The number of halogens is 1. The largest absolute Gasteiger partial charge is 0.371 e. The van der Waals surface area contributed by atoms with Gasteiger partial charge in [0.1, 0.15) is 12.1 Å². The predicted octanol–water partition coefficient (Wildman–Crippen LogP) is 2.87. The molecule has 2 rings (SSSR count). The SMILES string of the molecule is CCN(CC1CC1)c1cc(F)cc(C=O)c1. The molecule has 1 fully saturated rings.